The lowest BCUT2D eigenvalue weighted by atomic mass is 10.2. The van der Waals surface area contributed by atoms with E-state index in [4.69, 9.17) is 11.6 Å². The molecule has 1 fully saturated rings. The van der Waals surface area contributed by atoms with Crippen LogP contribution in [0.2, 0.25) is 0 Å². The molecule has 0 spiro atoms. The van der Waals surface area contributed by atoms with Crippen molar-refractivity contribution in [2.75, 3.05) is 17.3 Å². The second kappa shape index (κ2) is 3.58. The molecule has 1 unspecified atom stereocenters. The first-order valence-corrected chi connectivity index (χ1v) is 5.42. The summed E-state index contributed by atoms with van der Waals surface area (Å²) >= 11 is 7.42. The molecule has 1 atom stereocenters. The maximum atomic E-state index is 5.83. The van der Waals surface area contributed by atoms with Gasteiger partial charge in [0.2, 0.25) is 5.13 Å². The van der Waals surface area contributed by atoms with E-state index in [1.165, 1.54) is 12.8 Å². The van der Waals surface area contributed by atoms with Crippen LogP contribution in [0.5, 0.6) is 0 Å². The third-order valence-corrected chi connectivity index (χ3v) is 3.23. The van der Waals surface area contributed by atoms with Gasteiger partial charge < -0.3 is 4.90 Å². The first-order valence-electron chi connectivity index (χ1n) is 4.00. The molecule has 0 aromatic carbocycles. The predicted octanol–water partition coefficient (Wildman–Crippen LogP) is 1.75. The van der Waals surface area contributed by atoms with Crippen LogP contribution in [-0.2, 0) is 0 Å². The molecule has 0 N–H and O–H groups in total. The molecule has 0 saturated carbocycles. The number of hydrogen-bond donors (Lipinski definition) is 0. The van der Waals surface area contributed by atoms with E-state index in [1.54, 1.807) is 16.8 Å². The summed E-state index contributed by atoms with van der Waals surface area (Å²) < 4.78 is 0. The van der Waals surface area contributed by atoms with E-state index >= 15 is 0 Å². The molecule has 1 aliphatic heterocycles. The largest absolute Gasteiger partial charge is 0.342 e. The van der Waals surface area contributed by atoms with Gasteiger partial charge in [0.05, 0.1) is 0 Å². The Hall–Kier alpha value is -0.350. The highest BCUT2D eigenvalue weighted by atomic mass is 35.5. The summed E-state index contributed by atoms with van der Waals surface area (Å²) in [6.45, 7) is 1.08. The molecule has 0 aliphatic carbocycles. The fourth-order valence-corrected chi connectivity index (χ4v) is 2.52. The molecule has 12 heavy (non-hydrogen) atoms. The Morgan fingerprint density at radius 3 is 3.33 bits per heavy atom. The van der Waals surface area contributed by atoms with Gasteiger partial charge in [0.15, 0.2) is 0 Å². The summed E-state index contributed by atoms with van der Waals surface area (Å²) in [6.07, 6.45) is 2.40. The van der Waals surface area contributed by atoms with Crippen molar-refractivity contribution in [1.82, 2.24) is 10.2 Å². The van der Waals surface area contributed by atoms with Crippen LogP contribution in [-0.4, -0.2) is 28.7 Å². The SMILES string of the molecule is ClCC1CCCN1c1nncs1. The monoisotopic (exact) mass is 203 g/mol. The zero-order chi connectivity index (χ0) is 8.39. The third kappa shape index (κ3) is 1.41. The average molecular weight is 204 g/mol. The summed E-state index contributed by atoms with van der Waals surface area (Å²) in [6, 6.07) is 0.472. The van der Waals surface area contributed by atoms with Crippen molar-refractivity contribution in [3.63, 3.8) is 0 Å². The first-order chi connectivity index (χ1) is 5.92. The Morgan fingerprint density at radius 1 is 1.75 bits per heavy atom. The van der Waals surface area contributed by atoms with E-state index in [1.807, 2.05) is 0 Å². The molecular weight excluding hydrogens is 194 g/mol. The number of alkyl halides is 1. The second-order valence-corrected chi connectivity index (χ2v) is 3.99. The second-order valence-electron chi connectivity index (χ2n) is 2.87. The molecule has 0 amide bonds. The lowest BCUT2D eigenvalue weighted by Crippen LogP contribution is -2.30. The third-order valence-electron chi connectivity index (χ3n) is 2.15. The van der Waals surface area contributed by atoms with Crippen molar-refractivity contribution in [2.45, 2.75) is 18.9 Å². The summed E-state index contributed by atoms with van der Waals surface area (Å²) in [5, 5.41) is 8.86. The standard InChI is InChI=1S/C7H10ClN3S/c8-4-6-2-1-3-11(6)7-10-9-5-12-7/h5-6H,1-4H2. The molecule has 0 bridgehead atoms. The van der Waals surface area contributed by atoms with E-state index in [-0.39, 0.29) is 0 Å². The molecule has 2 rings (SSSR count). The van der Waals surface area contributed by atoms with Gasteiger partial charge in [-0.05, 0) is 12.8 Å². The van der Waals surface area contributed by atoms with Crippen molar-refractivity contribution >= 4 is 28.1 Å². The topological polar surface area (TPSA) is 29.0 Å². The number of aromatic nitrogens is 2. The zero-order valence-electron chi connectivity index (χ0n) is 6.61. The summed E-state index contributed by atoms with van der Waals surface area (Å²) in [5.41, 5.74) is 1.76. The summed E-state index contributed by atoms with van der Waals surface area (Å²) in [5.74, 6) is 0.694. The fraction of sp³-hybridized carbons (Fsp3) is 0.714. The highest BCUT2D eigenvalue weighted by Crippen LogP contribution is 2.26. The summed E-state index contributed by atoms with van der Waals surface area (Å²) in [7, 11) is 0. The number of nitrogens with zero attached hydrogens (tertiary/aromatic N) is 3. The number of halogens is 1. The van der Waals surface area contributed by atoms with E-state index in [0.717, 1.165) is 11.7 Å². The molecule has 1 aliphatic rings. The van der Waals surface area contributed by atoms with Gasteiger partial charge in [0.25, 0.3) is 0 Å². The molecule has 3 nitrogen and oxygen atoms in total. The number of anilines is 1. The zero-order valence-corrected chi connectivity index (χ0v) is 8.18. The average Bonchev–Trinajstić information content (AvgIpc) is 2.74. The van der Waals surface area contributed by atoms with Gasteiger partial charge in [-0.25, -0.2) is 0 Å². The Morgan fingerprint density at radius 2 is 2.67 bits per heavy atom. The Labute approximate surface area is 80.4 Å². The van der Waals surface area contributed by atoms with Gasteiger partial charge in [-0.3, -0.25) is 0 Å². The molecule has 0 radical (unpaired) electrons. The van der Waals surface area contributed by atoms with Gasteiger partial charge in [0, 0.05) is 18.5 Å². The van der Waals surface area contributed by atoms with Crippen LogP contribution in [0.3, 0.4) is 0 Å². The van der Waals surface area contributed by atoms with Crippen molar-refractivity contribution in [2.24, 2.45) is 0 Å². The molecule has 1 aromatic rings. The van der Waals surface area contributed by atoms with Crippen molar-refractivity contribution < 1.29 is 0 Å². The molecule has 5 heteroatoms. The minimum absolute atomic E-state index is 0.472. The van der Waals surface area contributed by atoms with Crippen LogP contribution in [0.25, 0.3) is 0 Å². The minimum atomic E-state index is 0.472. The van der Waals surface area contributed by atoms with Gasteiger partial charge >= 0.3 is 0 Å². The van der Waals surface area contributed by atoms with Crippen LogP contribution in [0, 0.1) is 0 Å². The minimum Gasteiger partial charge on any atom is -0.342 e. The maximum absolute atomic E-state index is 5.83. The highest BCUT2D eigenvalue weighted by Gasteiger charge is 2.25. The van der Waals surface area contributed by atoms with Crippen molar-refractivity contribution in [1.29, 1.82) is 0 Å². The molecule has 1 aromatic heterocycles. The molecule has 2 heterocycles. The van der Waals surface area contributed by atoms with Crippen molar-refractivity contribution in [3.05, 3.63) is 5.51 Å². The van der Waals surface area contributed by atoms with Crippen molar-refractivity contribution in [3.8, 4) is 0 Å². The predicted molar refractivity (Wildman–Crippen MR) is 51.0 cm³/mol. The lowest BCUT2D eigenvalue weighted by Gasteiger charge is -2.20. The smallest absolute Gasteiger partial charge is 0.208 e. The van der Waals surface area contributed by atoms with E-state index < -0.39 is 0 Å². The molecule has 66 valence electrons. The Kier molecular flexibility index (Phi) is 2.46. The van der Waals surface area contributed by atoms with Crippen LogP contribution in [0.15, 0.2) is 5.51 Å². The van der Waals surface area contributed by atoms with E-state index in [2.05, 4.69) is 15.1 Å². The number of hydrogen-bond acceptors (Lipinski definition) is 4. The Balaban J connectivity index is 2.13. The van der Waals surface area contributed by atoms with Crippen LogP contribution < -0.4 is 4.90 Å². The Bertz CT molecular complexity index is 239. The number of rotatable bonds is 2. The molecule has 1 saturated heterocycles. The summed E-state index contributed by atoms with van der Waals surface area (Å²) in [4.78, 5) is 2.25. The van der Waals surface area contributed by atoms with Gasteiger partial charge in [0.1, 0.15) is 5.51 Å². The molecular formula is C7H10ClN3S. The van der Waals surface area contributed by atoms with Crippen LogP contribution >= 0.6 is 22.9 Å². The van der Waals surface area contributed by atoms with Crippen LogP contribution in [0.1, 0.15) is 12.8 Å². The maximum Gasteiger partial charge on any atom is 0.208 e. The highest BCUT2D eigenvalue weighted by molar-refractivity contribution is 7.13. The quantitative estimate of drug-likeness (QED) is 0.686. The van der Waals surface area contributed by atoms with Gasteiger partial charge in [-0.1, -0.05) is 11.3 Å². The normalized spacial score (nSPS) is 23.4. The van der Waals surface area contributed by atoms with Gasteiger partial charge in [-0.2, -0.15) is 0 Å². The van der Waals surface area contributed by atoms with Gasteiger partial charge in [-0.15, -0.1) is 21.8 Å². The van der Waals surface area contributed by atoms with E-state index in [9.17, 15) is 0 Å². The fourth-order valence-electron chi connectivity index (χ4n) is 1.54. The van der Waals surface area contributed by atoms with Crippen LogP contribution in [0.4, 0.5) is 5.13 Å². The first kappa shape index (κ1) is 8.26. The lowest BCUT2D eigenvalue weighted by molar-refractivity contribution is 0.735. The van der Waals surface area contributed by atoms with E-state index in [0.29, 0.717) is 11.9 Å².